The number of aliphatic imine (C=N–C) groups is 1. The summed E-state index contributed by atoms with van der Waals surface area (Å²) >= 11 is 6.49. The van der Waals surface area contributed by atoms with Crippen LogP contribution in [0.15, 0.2) is 15.8 Å². The van der Waals surface area contributed by atoms with Crippen LogP contribution in [0.25, 0.3) is 0 Å². The third kappa shape index (κ3) is 1.59. The smallest absolute Gasteiger partial charge is 0.121 e. The van der Waals surface area contributed by atoms with E-state index >= 15 is 0 Å². The van der Waals surface area contributed by atoms with Crippen molar-refractivity contribution in [3.05, 3.63) is 10.8 Å². The summed E-state index contributed by atoms with van der Waals surface area (Å²) in [6, 6.07) is 0. The van der Waals surface area contributed by atoms with Crippen molar-refractivity contribution in [2.75, 3.05) is 0 Å². The van der Waals surface area contributed by atoms with Crippen LogP contribution in [0, 0.1) is 0 Å². The molecular formula is C4H4Br2N2. The second kappa shape index (κ2) is 2.64. The molecule has 0 aliphatic carbocycles. The van der Waals surface area contributed by atoms with Gasteiger partial charge in [-0.25, -0.2) is 4.99 Å². The van der Waals surface area contributed by atoms with Gasteiger partial charge in [-0.2, -0.15) is 0 Å². The summed E-state index contributed by atoms with van der Waals surface area (Å²) in [6.45, 7) is 0. The first-order chi connectivity index (χ1) is 3.79. The van der Waals surface area contributed by atoms with Crippen molar-refractivity contribution in [3.8, 4) is 0 Å². The Bertz CT molecular complexity index is 141. The Morgan fingerprint density at radius 2 is 2.50 bits per heavy atom. The van der Waals surface area contributed by atoms with E-state index in [2.05, 4.69) is 42.2 Å². The number of rotatable bonds is 0. The van der Waals surface area contributed by atoms with Crippen LogP contribution in [0.4, 0.5) is 0 Å². The number of halogens is 2. The molecule has 1 unspecified atom stereocenters. The first-order valence-corrected chi connectivity index (χ1v) is 3.80. The molecule has 0 aromatic rings. The zero-order valence-corrected chi connectivity index (χ0v) is 7.11. The van der Waals surface area contributed by atoms with Gasteiger partial charge in [-0.15, -0.1) is 0 Å². The van der Waals surface area contributed by atoms with Gasteiger partial charge in [0.25, 0.3) is 0 Å². The lowest BCUT2D eigenvalue weighted by Gasteiger charge is -2.07. The number of nitrogens with zero attached hydrogens (tertiary/aromatic N) is 1. The molecule has 1 heterocycles. The van der Waals surface area contributed by atoms with Crippen molar-refractivity contribution in [2.24, 2.45) is 4.99 Å². The SMILES string of the molecule is BrC1=CNC(Br)C=N1. The van der Waals surface area contributed by atoms with Gasteiger partial charge in [0, 0.05) is 12.4 Å². The predicted octanol–water partition coefficient (Wildman–Crippen LogP) is 1.58. The molecule has 0 saturated carbocycles. The first kappa shape index (κ1) is 6.29. The maximum Gasteiger partial charge on any atom is 0.121 e. The van der Waals surface area contributed by atoms with Crippen molar-refractivity contribution >= 4 is 38.1 Å². The fourth-order valence-corrected chi connectivity index (χ4v) is 0.866. The minimum atomic E-state index is 0.184. The first-order valence-electron chi connectivity index (χ1n) is 2.09. The number of hydrogen-bond acceptors (Lipinski definition) is 2. The topological polar surface area (TPSA) is 24.4 Å². The van der Waals surface area contributed by atoms with Crippen LogP contribution < -0.4 is 5.32 Å². The molecule has 0 spiro atoms. The molecule has 1 N–H and O–H groups in total. The average Bonchev–Trinajstić information content (AvgIpc) is 1.77. The van der Waals surface area contributed by atoms with Crippen LogP contribution in [-0.2, 0) is 0 Å². The predicted molar refractivity (Wildman–Crippen MR) is 41.4 cm³/mol. The number of alkyl halides is 1. The molecule has 0 radical (unpaired) electrons. The van der Waals surface area contributed by atoms with Crippen molar-refractivity contribution in [2.45, 2.75) is 4.95 Å². The Morgan fingerprint density at radius 1 is 1.75 bits per heavy atom. The molecule has 0 saturated heterocycles. The Morgan fingerprint density at radius 3 is 2.88 bits per heavy atom. The van der Waals surface area contributed by atoms with Crippen LogP contribution in [0.1, 0.15) is 0 Å². The van der Waals surface area contributed by atoms with Gasteiger partial charge >= 0.3 is 0 Å². The van der Waals surface area contributed by atoms with Crippen LogP contribution >= 0.6 is 31.9 Å². The number of nitrogens with one attached hydrogen (secondary N) is 1. The van der Waals surface area contributed by atoms with Crippen LogP contribution in [0.3, 0.4) is 0 Å². The minimum Gasteiger partial charge on any atom is -0.372 e. The molecular weight excluding hydrogens is 236 g/mol. The molecule has 4 heteroatoms. The van der Waals surface area contributed by atoms with Crippen LogP contribution in [-0.4, -0.2) is 11.2 Å². The highest BCUT2D eigenvalue weighted by molar-refractivity contribution is 9.11. The zero-order chi connectivity index (χ0) is 5.98. The van der Waals surface area contributed by atoms with Crippen molar-refractivity contribution in [1.82, 2.24) is 5.32 Å². The summed E-state index contributed by atoms with van der Waals surface area (Å²) in [5.41, 5.74) is 0. The molecule has 0 aromatic carbocycles. The molecule has 2 nitrogen and oxygen atoms in total. The summed E-state index contributed by atoms with van der Waals surface area (Å²) in [4.78, 5) is 4.14. The fraction of sp³-hybridized carbons (Fsp3) is 0.250. The van der Waals surface area contributed by atoms with Gasteiger partial charge < -0.3 is 5.32 Å². The third-order valence-corrected chi connectivity index (χ3v) is 1.62. The molecule has 8 heavy (non-hydrogen) atoms. The second-order valence-corrected chi connectivity index (χ2v) is 3.11. The van der Waals surface area contributed by atoms with Crippen LogP contribution in [0.2, 0.25) is 0 Å². The third-order valence-electron chi connectivity index (χ3n) is 0.690. The van der Waals surface area contributed by atoms with E-state index in [1.54, 1.807) is 12.4 Å². The molecule has 0 fully saturated rings. The molecule has 1 atom stereocenters. The maximum atomic E-state index is 3.95. The summed E-state index contributed by atoms with van der Waals surface area (Å²) in [5, 5.41) is 2.99. The highest BCUT2D eigenvalue weighted by Gasteiger charge is 1.99. The van der Waals surface area contributed by atoms with E-state index in [-0.39, 0.29) is 4.95 Å². The quantitative estimate of drug-likeness (QED) is 0.504. The van der Waals surface area contributed by atoms with Gasteiger partial charge in [-0.05, 0) is 15.9 Å². The lowest BCUT2D eigenvalue weighted by atomic mass is 10.6. The highest BCUT2D eigenvalue weighted by atomic mass is 79.9. The molecule has 44 valence electrons. The molecule has 1 rings (SSSR count). The van der Waals surface area contributed by atoms with Crippen LogP contribution in [0.5, 0.6) is 0 Å². The summed E-state index contributed by atoms with van der Waals surface area (Å²) in [5.74, 6) is 0. The van der Waals surface area contributed by atoms with E-state index in [4.69, 9.17) is 0 Å². The van der Waals surface area contributed by atoms with E-state index in [1.165, 1.54) is 0 Å². The zero-order valence-electron chi connectivity index (χ0n) is 3.94. The van der Waals surface area contributed by atoms with Gasteiger partial charge in [0.2, 0.25) is 0 Å². The summed E-state index contributed by atoms with van der Waals surface area (Å²) < 4.78 is 0.827. The number of hydrogen-bond donors (Lipinski definition) is 1. The van der Waals surface area contributed by atoms with E-state index < -0.39 is 0 Å². The van der Waals surface area contributed by atoms with Gasteiger partial charge in [0.05, 0.1) is 0 Å². The Labute approximate surface area is 64.3 Å². The van der Waals surface area contributed by atoms with E-state index in [0.717, 1.165) is 4.61 Å². The molecule has 0 aromatic heterocycles. The molecule has 0 amide bonds. The van der Waals surface area contributed by atoms with E-state index in [0.29, 0.717) is 0 Å². The van der Waals surface area contributed by atoms with Gasteiger partial charge in [-0.1, -0.05) is 15.9 Å². The standard InChI is InChI=1S/C4H4Br2N2/c5-3-1-7-4(6)2-8-3/h1-3,8H. The summed E-state index contributed by atoms with van der Waals surface area (Å²) in [7, 11) is 0. The Balaban J connectivity index is 2.58. The Kier molecular flexibility index (Phi) is 2.08. The minimum absolute atomic E-state index is 0.184. The maximum absolute atomic E-state index is 3.95. The molecule has 1 aliphatic heterocycles. The fourth-order valence-electron chi connectivity index (χ4n) is 0.365. The van der Waals surface area contributed by atoms with Gasteiger partial charge in [0.15, 0.2) is 0 Å². The lowest BCUT2D eigenvalue weighted by molar-refractivity contribution is 0.961. The van der Waals surface area contributed by atoms with E-state index in [9.17, 15) is 0 Å². The second-order valence-electron chi connectivity index (χ2n) is 1.31. The molecule has 1 aliphatic rings. The van der Waals surface area contributed by atoms with Gasteiger partial charge in [-0.3, -0.25) is 0 Å². The largest absolute Gasteiger partial charge is 0.372 e. The van der Waals surface area contributed by atoms with Crippen molar-refractivity contribution < 1.29 is 0 Å². The van der Waals surface area contributed by atoms with Crippen molar-refractivity contribution in [1.29, 1.82) is 0 Å². The van der Waals surface area contributed by atoms with Crippen molar-refractivity contribution in [3.63, 3.8) is 0 Å². The summed E-state index contributed by atoms with van der Waals surface area (Å²) in [6.07, 6.45) is 3.56. The Hall–Kier alpha value is 0.170. The van der Waals surface area contributed by atoms with Gasteiger partial charge in [0.1, 0.15) is 9.56 Å². The highest BCUT2D eigenvalue weighted by Crippen LogP contribution is 2.09. The normalized spacial score (nSPS) is 26.8. The van der Waals surface area contributed by atoms with E-state index in [1.807, 2.05) is 0 Å². The average molecular weight is 240 g/mol. The monoisotopic (exact) mass is 238 g/mol. The molecule has 0 bridgehead atoms. The lowest BCUT2D eigenvalue weighted by Crippen LogP contribution is -2.21.